The van der Waals surface area contributed by atoms with E-state index >= 15 is 0 Å². The maximum absolute atomic E-state index is 8.38. The van der Waals surface area contributed by atoms with Gasteiger partial charge in [-0.3, -0.25) is 0 Å². The van der Waals surface area contributed by atoms with E-state index in [1.165, 1.54) is 9.78 Å². The maximum Gasteiger partial charge on any atom is 0.0160 e. The Labute approximate surface area is 271 Å². The van der Waals surface area contributed by atoms with Gasteiger partial charge >= 0.3 is 167 Å². The maximum atomic E-state index is 8.38. The second-order valence-corrected chi connectivity index (χ2v) is 22.4. The van der Waals surface area contributed by atoms with Gasteiger partial charge in [0, 0.05) is 27.7 Å². The number of hydrogen-bond acceptors (Lipinski definition) is 3. The van der Waals surface area contributed by atoms with Crippen molar-refractivity contribution >= 4 is 50.4 Å². The molecule has 217 valence electrons. The standard InChI is InChI=1S/C27H26GeNO.C11H8N.Ir/c1-17(2)18-13-14-29-25(16-18)24-8-6-7-22-23-11-9-19-15-20(28(3,4)5)10-12-21(19)26(23)30-27(22)24;1-2-6-10(7-3-1)11-8-4-5-9-12-11;/h6-7,9-17H,1-5H3;1-6,8-9H;/q2*-1;/i17D;;. The van der Waals surface area contributed by atoms with Crippen LogP contribution in [0.3, 0.4) is 0 Å². The molecular weight excluding hydrogens is 765 g/mol. The third-order valence-electron chi connectivity index (χ3n) is 7.52. The summed E-state index contributed by atoms with van der Waals surface area (Å²) in [5, 5.41) is 4.55. The Morgan fingerprint density at radius 2 is 1.49 bits per heavy atom. The van der Waals surface area contributed by atoms with E-state index in [0.29, 0.717) is 0 Å². The van der Waals surface area contributed by atoms with Crippen molar-refractivity contribution in [3.05, 3.63) is 127 Å². The van der Waals surface area contributed by atoms with Gasteiger partial charge < -0.3 is 4.98 Å². The molecule has 4 aromatic carbocycles. The molecule has 5 heteroatoms. The molecule has 0 bridgehead atoms. The Morgan fingerprint density at radius 3 is 2.21 bits per heavy atom. The molecule has 0 unspecified atom stereocenters. The van der Waals surface area contributed by atoms with Crippen LogP contribution < -0.4 is 4.40 Å². The third kappa shape index (κ3) is 6.52. The SMILES string of the molecule is [2H]C(C)(C)c1ccnc(-c2[c-]ccc3c2oc2c4cc[c]([Ge]([CH3])([CH3])[CH3])cc4ccc32)c1.[Ir].[c-]1ccccc1-c1ccccn1. The van der Waals surface area contributed by atoms with Crippen molar-refractivity contribution in [3.63, 3.8) is 0 Å². The summed E-state index contributed by atoms with van der Waals surface area (Å²) < 4.78 is 16.4. The molecule has 7 rings (SSSR count). The monoisotopic (exact) mass is 802 g/mol. The van der Waals surface area contributed by atoms with E-state index in [-0.39, 0.29) is 20.1 Å². The summed E-state index contributed by atoms with van der Waals surface area (Å²) in [5.41, 5.74) is 6.28. The summed E-state index contributed by atoms with van der Waals surface area (Å²) in [4.78, 5) is 8.79. The molecule has 0 saturated carbocycles. The molecule has 0 spiro atoms. The number of furan rings is 1. The summed E-state index contributed by atoms with van der Waals surface area (Å²) in [6.45, 7) is 3.78. The van der Waals surface area contributed by atoms with Crippen LogP contribution in [0.5, 0.6) is 0 Å². The predicted molar refractivity (Wildman–Crippen MR) is 179 cm³/mol. The molecule has 43 heavy (non-hydrogen) atoms. The van der Waals surface area contributed by atoms with Crippen molar-refractivity contribution in [2.24, 2.45) is 0 Å². The summed E-state index contributed by atoms with van der Waals surface area (Å²) in [6, 6.07) is 39.3. The van der Waals surface area contributed by atoms with E-state index in [0.717, 1.165) is 55.4 Å². The molecule has 3 heterocycles. The van der Waals surface area contributed by atoms with Crippen molar-refractivity contribution < 1.29 is 25.9 Å². The third-order valence-corrected chi connectivity index (χ3v) is 11.8. The van der Waals surface area contributed by atoms with Gasteiger partial charge in [-0.2, -0.15) is 0 Å². The van der Waals surface area contributed by atoms with Gasteiger partial charge in [0.15, 0.2) is 0 Å². The molecule has 7 aromatic rings. The molecule has 3 aromatic heterocycles. The minimum atomic E-state index is -1.90. The van der Waals surface area contributed by atoms with Crippen LogP contribution in [0.4, 0.5) is 0 Å². The summed E-state index contributed by atoms with van der Waals surface area (Å²) >= 11 is -1.90. The van der Waals surface area contributed by atoms with Gasteiger partial charge in [-0.25, -0.2) is 0 Å². The Kier molecular flexibility index (Phi) is 8.90. The number of nitrogens with zero attached hydrogens (tertiary/aromatic N) is 2. The van der Waals surface area contributed by atoms with Gasteiger partial charge in [0.2, 0.25) is 0 Å². The van der Waals surface area contributed by atoms with Gasteiger partial charge in [0.1, 0.15) is 0 Å². The van der Waals surface area contributed by atoms with Crippen molar-refractivity contribution in [2.75, 3.05) is 0 Å². The number of fused-ring (bicyclic) bond motifs is 5. The van der Waals surface area contributed by atoms with E-state index in [1.807, 2.05) is 74.5 Å². The Morgan fingerprint density at radius 1 is 0.721 bits per heavy atom. The molecule has 3 nitrogen and oxygen atoms in total. The van der Waals surface area contributed by atoms with Crippen molar-refractivity contribution in [2.45, 2.75) is 37.0 Å². The van der Waals surface area contributed by atoms with Gasteiger partial charge in [-0.15, -0.1) is 35.9 Å². The molecule has 0 aliphatic carbocycles. The molecule has 0 amide bonds. The number of aromatic nitrogens is 2. The second kappa shape index (κ2) is 13.0. The van der Waals surface area contributed by atoms with Crippen LogP contribution in [-0.2, 0) is 20.1 Å². The van der Waals surface area contributed by atoms with Crippen LogP contribution in [0, 0.1) is 12.1 Å². The Balaban J connectivity index is 0.000000248. The number of benzene rings is 4. The van der Waals surface area contributed by atoms with Crippen LogP contribution in [-0.4, -0.2) is 23.2 Å². The van der Waals surface area contributed by atoms with Crippen LogP contribution in [0.15, 0.2) is 114 Å². The van der Waals surface area contributed by atoms with Crippen molar-refractivity contribution in [1.29, 1.82) is 0 Å². The van der Waals surface area contributed by atoms with Crippen molar-refractivity contribution in [1.82, 2.24) is 9.97 Å². The predicted octanol–water partition coefficient (Wildman–Crippen LogP) is 9.82. The van der Waals surface area contributed by atoms with Crippen LogP contribution in [0.1, 0.15) is 26.7 Å². The molecule has 0 aliphatic rings. The fraction of sp³-hybridized carbons (Fsp3) is 0.158. The summed E-state index contributed by atoms with van der Waals surface area (Å²) in [5.74, 6) is 6.57. The fourth-order valence-electron chi connectivity index (χ4n) is 5.14. The van der Waals surface area contributed by atoms with Crippen LogP contribution in [0.2, 0.25) is 17.3 Å². The largest absolute Gasteiger partial charge is 0.305 e. The summed E-state index contributed by atoms with van der Waals surface area (Å²) in [7, 11) is 0. The smallest absolute Gasteiger partial charge is 0.0160 e. The zero-order chi connectivity index (χ0) is 30.2. The topological polar surface area (TPSA) is 38.9 Å². The zero-order valence-corrected chi connectivity index (χ0v) is 29.5. The quantitative estimate of drug-likeness (QED) is 0.132. The van der Waals surface area contributed by atoms with E-state index in [2.05, 4.69) is 75.8 Å². The molecule has 0 fully saturated rings. The van der Waals surface area contributed by atoms with E-state index < -0.39 is 19.2 Å². The molecule has 0 aliphatic heterocycles. The van der Waals surface area contributed by atoms with Gasteiger partial charge in [0.25, 0.3) is 0 Å². The molecule has 1 radical (unpaired) electrons. The van der Waals surface area contributed by atoms with E-state index in [1.54, 1.807) is 12.4 Å². The minimum Gasteiger partial charge on any atom is -0.305 e. The Bertz CT molecular complexity index is 2010. The molecule has 0 atom stereocenters. The van der Waals surface area contributed by atoms with Gasteiger partial charge in [-0.1, -0.05) is 26.0 Å². The zero-order valence-electron chi connectivity index (χ0n) is 26.0. The average molecular weight is 801 g/mol. The van der Waals surface area contributed by atoms with Crippen LogP contribution in [0.25, 0.3) is 55.2 Å². The Hall–Kier alpha value is -3.57. The fourth-order valence-corrected chi connectivity index (χ4v) is 7.60. The van der Waals surface area contributed by atoms with Crippen LogP contribution >= 0.6 is 0 Å². The molecular formula is C38H34GeIrN2O-2. The molecule has 0 saturated heterocycles. The van der Waals surface area contributed by atoms with Crippen molar-refractivity contribution in [3.8, 4) is 22.5 Å². The number of hydrogen-bond donors (Lipinski definition) is 0. The normalized spacial score (nSPS) is 12.0. The first-order chi connectivity index (χ1) is 20.6. The number of rotatable bonds is 4. The van der Waals surface area contributed by atoms with E-state index in [9.17, 15) is 0 Å². The van der Waals surface area contributed by atoms with Gasteiger partial charge in [0.05, 0.1) is 0 Å². The number of pyridine rings is 2. The first-order valence-corrected chi connectivity index (χ1v) is 21.6. The van der Waals surface area contributed by atoms with Gasteiger partial charge in [-0.05, 0) is 11.8 Å². The first-order valence-electron chi connectivity index (χ1n) is 14.7. The summed E-state index contributed by atoms with van der Waals surface area (Å²) in [6.07, 6.45) is 3.56. The first kappa shape index (κ1) is 29.5. The van der Waals surface area contributed by atoms with E-state index in [4.69, 9.17) is 5.79 Å². The second-order valence-electron chi connectivity index (χ2n) is 11.7. The average Bonchev–Trinajstić information content (AvgIpc) is 3.41. The minimum absolute atomic E-state index is 0. The molecule has 0 N–H and O–H groups in total.